The molecule has 0 atom stereocenters. The van der Waals surface area contributed by atoms with Gasteiger partial charge < -0.3 is 5.32 Å². The number of halogens is 3. The van der Waals surface area contributed by atoms with Gasteiger partial charge in [-0.1, -0.05) is 23.2 Å². The Balaban J connectivity index is 3.01. The van der Waals surface area contributed by atoms with Crippen LogP contribution in [0.4, 0.5) is 5.69 Å². The SMILES string of the molecule is Cc1cc(Cl)nc(Cl)c1NC(=O)C(C)(C)CCl. The minimum atomic E-state index is -0.670. The fraction of sp³-hybridized carbons (Fsp3) is 0.455. The normalized spacial score (nSPS) is 11.4. The molecule has 94 valence electrons. The molecule has 1 aromatic rings. The van der Waals surface area contributed by atoms with Crippen molar-refractivity contribution in [3.63, 3.8) is 0 Å². The lowest BCUT2D eigenvalue weighted by Gasteiger charge is -2.21. The van der Waals surface area contributed by atoms with E-state index in [0.29, 0.717) is 10.8 Å². The van der Waals surface area contributed by atoms with Crippen LogP contribution in [0.25, 0.3) is 0 Å². The molecule has 3 nitrogen and oxygen atoms in total. The quantitative estimate of drug-likeness (QED) is 0.679. The van der Waals surface area contributed by atoms with Crippen LogP contribution in [0.1, 0.15) is 19.4 Å². The molecule has 0 saturated heterocycles. The maximum atomic E-state index is 11.9. The fourth-order valence-electron chi connectivity index (χ4n) is 1.09. The van der Waals surface area contributed by atoms with Crippen molar-refractivity contribution >= 4 is 46.4 Å². The van der Waals surface area contributed by atoms with Gasteiger partial charge in [0.05, 0.1) is 11.1 Å². The summed E-state index contributed by atoms with van der Waals surface area (Å²) in [6.45, 7) is 5.30. The third-order valence-corrected chi connectivity index (χ3v) is 3.46. The van der Waals surface area contributed by atoms with Crippen molar-refractivity contribution in [2.45, 2.75) is 20.8 Å². The molecule has 17 heavy (non-hydrogen) atoms. The summed E-state index contributed by atoms with van der Waals surface area (Å²) in [5.41, 5.74) is 0.560. The van der Waals surface area contributed by atoms with Crippen molar-refractivity contribution in [2.75, 3.05) is 11.2 Å². The van der Waals surface area contributed by atoms with E-state index in [1.165, 1.54) is 0 Å². The average molecular weight is 296 g/mol. The maximum absolute atomic E-state index is 11.9. The van der Waals surface area contributed by atoms with Crippen LogP contribution < -0.4 is 5.32 Å². The second-order valence-electron chi connectivity index (χ2n) is 4.40. The first kappa shape index (κ1) is 14.6. The molecule has 0 spiro atoms. The number of alkyl halides is 1. The van der Waals surface area contributed by atoms with Crippen molar-refractivity contribution < 1.29 is 4.79 Å². The lowest BCUT2D eigenvalue weighted by Crippen LogP contribution is -2.32. The van der Waals surface area contributed by atoms with Crippen LogP contribution in [-0.2, 0) is 4.79 Å². The van der Waals surface area contributed by atoms with Crippen molar-refractivity contribution in [1.82, 2.24) is 4.98 Å². The topological polar surface area (TPSA) is 42.0 Å². The first-order valence-corrected chi connectivity index (χ1v) is 6.27. The van der Waals surface area contributed by atoms with Crippen molar-refractivity contribution in [3.8, 4) is 0 Å². The van der Waals surface area contributed by atoms with Gasteiger partial charge in [0.25, 0.3) is 0 Å². The van der Waals surface area contributed by atoms with Gasteiger partial charge in [-0.3, -0.25) is 4.79 Å². The van der Waals surface area contributed by atoms with Crippen LogP contribution in [0.5, 0.6) is 0 Å². The molecule has 0 unspecified atom stereocenters. The highest BCUT2D eigenvalue weighted by Gasteiger charge is 2.27. The Morgan fingerprint density at radius 2 is 2.06 bits per heavy atom. The van der Waals surface area contributed by atoms with E-state index in [4.69, 9.17) is 34.8 Å². The number of hydrogen-bond donors (Lipinski definition) is 1. The van der Waals surface area contributed by atoms with E-state index < -0.39 is 5.41 Å². The highest BCUT2D eigenvalue weighted by molar-refractivity contribution is 6.35. The van der Waals surface area contributed by atoms with Crippen LogP contribution in [0.3, 0.4) is 0 Å². The Kier molecular flexibility index (Phi) is 4.64. The monoisotopic (exact) mass is 294 g/mol. The summed E-state index contributed by atoms with van der Waals surface area (Å²) in [7, 11) is 0. The van der Waals surface area contributed by atoms with E-state index in [9.17, 15) is 4.79 Å². The number of carbonyl (C=O) groups is 1. The van der Waals surface area contributed by atoms with Crippen LogP contribution in [0, 0.1) is 12.3 Å². The number of rotatable bonds is 3. The molecule has 0 aromatic carbocycles. The van der Waals surface area contributed by atoms with E-state index >= 15 is 0 Å². The van der Waals surface area contributed by atoms with Gasteiger partial charge in [-0.05, 0) is 32.4 Å². The Hall–Kier alpha value is -0.510. The largest absolute Gasteiger partial charge is 0.323 e. The fourth-order valence-corrected chi connectivity index (χ4v) is 1.79. The number of nitrogens with zero attached hydrogens (tertiary/aromatic N) is 1. The number of carbonyl (C=O) groups excluding carboxylic acids is 1. The number of pyridine rings is 1. The lowest BCUT2D eigenvalue weighted by molar-refractivity contribution is -0.122. The van der Waals surface area contributed by atoms with Crippen molar-refractivity contribution in [1.29, 1.82) is 0 Å². The molecule has 0 bridgehead atoms. The summed E-state index contributed by atoms with van der Waals surface area (Å²) >= 11 is 17.4. The number of nitrogens with one attached hydrogen (secondary N) is 1. The molecule has 0 aliphatic carbocycles. The molecule has 6 heteroatoms. The van der Waals surface area contributed by atoms with Gasteiger partial charge in [0.15, 0.2) is 5.15 Å². The summed E-state index contributed by atoms with van der Waals surface area (Å²) in [5.74, 6) is 0.0119. The second kappa shape index (κ2) is 5.42. The summed E-state index contributed by atoms with van der Waals surface area (Å²) in [6, 6.07) is 1.64. The molecule has 0 radical (unpaired) electrons. The maximum Gasteiger partial charge on any atom is 0.231 e. The van der Waals surface area contributed by atoms with Gasteiger partial charge in [-0.2, -0.15) is 0 Å². The number of aryl methyl sites for hydroxylation is 1. The summed E-state index contributed by atoms with van der Waals surface area (Å²) in [4.78, 5) is 15.8. The van der Waals surface area contributed by atoms with Crippen LogP contribution in [0.15, 0.2) is 6.07 Å². The Morgan fingerprint density at radius 3 is 2.53 bits per heavy atom. The second-order valence-corrected chi connectivity index (χ2v) is 5.41. The van der Waals surface area contributed by atoms with Gasteiger partial charge in [0, 0.05) is 5.88 Å². The number of anilines is 1. The molecule has 0 fully saturated rings. The summed E-state index contributed by atoms with van der Waals surface area (Å²) < 4.78 is 0. The summed E-state index contributed by atoms with van der Waals surface area (Å²) in [5, 5.41) is 3.19. The zero-order valence-corrected chi connectivity index (χ0v) is 12.0. The molecule has 0 saturated carbocycles. The molecule has 0 aliphatic rings. The highest BCUT2D eigenvalue weighted by atomic mass is 35.5. The smallest absolute Gasteiger partial charge is 0.231 e. The van der Waals surface area contributed by atoms with Crippen LogP contribution in [-0.4, -0.2) is 16.8 Å². The minimum absolute atomic E-state index is 0.175. The van der Waals surface area contributed by atoms with E-state index in [0.717, 1.165) is 5.56 Å². The number of hydrogen-bond acceptors (Lipinski definition) is 2. The van der Waals surface area contributed by atoms with Crippen molar-refractivity contribution in [3.05, 3.63) is 21.9 Å². The first-order valence-electron chi connectivity index (χ1n) is 4.98. The van der Waals surface area contributed by atoms with Crippen molar-refractivity contribution in [2.24, 2.45) is 5.41 Å². The van der Waals surface area contributed by atoms with Crippen LogP contribution >= 0.6 is 34.8 Å². The molecule has 0 aliphatic heterocycles. The van der Waals surface area contributed by atoms with E-state index in [2.05, 4.69) is 10.3 Å². The lowest BCUT2D eigenvalue weighted by atomic mass is 9.95. The molecule has 1 heterocycles. The number of aromatic nitrogens is 1. The molecular weight excluding hydrogens is 282 g/mol. The predicted molar refractivity (Wildman–Crippen MR) is 72.1 cm³/mol. The molecule has 1 rings (SSSR count). The van der Waals surface area contributed by atoms with Gasteiger partial charge in [0.2, 0.25) is 5.91 Å². The first-order chi connectivity index (χ1) is 7.77. The van der Waals surface area contributed by atoms with Gasteiger partial charge in [-0.25, -0.2) is 4.98 Å². The minimum Gasteiger partial charge on any atom is -0.323 e. The predicted octanol–water partition coefficient (Wildman–Crippen LogP) is 3.90. The summed E-state index contributed by atoms with van der Waals surface area (Å²) in [6.07, 6.45) is 0. The standard InChI is InChI=1S/C11H13Cl3N2O/c1-6-4-7(13)15-9(14)8(6)16-10(17)11(2,3)5-12/h4H,5H2,1-3H3,(H,16,17). The molecular formula is C11H13Cl3N2O. The zero-order chi connectivity index (χ0) is 13.2. The van der Waals surface area contributed by atoms with E-state index in [1.807, 2.05) is 0 Å². The molecule has 1 aromatic heterocycles. The Bertz CT molecular complexity index is 423. The zero-order valence-electron chi connectivity index (χ0n) is 9.77. The number of amides is 1. The Labute approximate surface area is 115 Å². The van der Waals surface area contributed by atoms with Gasteiger partial charge >= 0.3 is 0 Å². The van der Waals surface area contributed by atoms with Gasteiger partial charge in [-0.15, -0.1) is 11.6 Å². The van der Waals surface area contributed by atoms with Gasteiger partial charge in [0.1, 0.15) is 5.15 Å². The van der Waals surface area contributed by atoms with E-state index in [1.54, 1.807) is 26.8 Å². The Morgan fingerprint density at radius 1 is 1.47 bits per heavy atom. The molecule has 1 N–H and O–H groups in total. The average Bonchev–Trinajstić information content (AvgIpc) is 2.22. The molecule has 1 amide bonds. The third kappa shape index (κ3) is 3.47. The van der Waals surface area contributed by atoms with E-state index in [-0.39, 0.29) is 16.9 Å². The highest BCUT2D eigenvalue weighted by Crippen LogP contribution is 2.28. The third-order valence-electron chi connectivity index (χ3n) is 2.33. The van der Waals surface area contributed by atoms with Crippen LogP contribution in [0.2, 0.25) is 10.3 Å².